The number of aromatic nitrogens is 14. The van der Waals surface area contributed by atoms with Gasteiger partial charge in [-0.2, -0.15) is 10.0 Å². The minimum absolute atomic E-state index is 0.0527. The first-order chi connectivity index (χ1) is 20.7. The Balaban J connectivity index is 0.000000171. The van der Waals surface area contributed by atoms with Crippen molar-refractivity contribution < 1.29 is 0 Å². The fraction of sp³-hybridized carbons (Fsp3) is 0.440. The van der Waals surface area contributed by atoms with E-state index in [1.165, 1.54) is 17.2 Å². The molecule has 0 aliphatic heterocycles. The summed E-state index contributed by atoms with van der Waals surface area (Å²) in [4.78, 5) is 39.9. The van der Waals surface area contributed by atoms with Crippen LogP contribution in [0.4, 0.5) is 0 Å². The molecule has 0 saturated carbocycles. The summed E-state index contributed by atoms with van der Waals surface area (Å²) in [5, 5.41) is 26.7. The van der Waals surface area contributed by atoms with E-state index in [1.54, 1.807) is 16.2 Å². The third kappa shape index (κ3) is 5.43. The first kappa shape index (κ1) is 30.0. The molecule has 18 heteroatoms. The van der Waals surface area contributed by atoms with Gasteiger partial charge in [-0.1, -0.05) is 50.9 Å². The molecule has 0 amide bonds. The van der Waals surface area contributed by atoms with Gasteiger partial charge >= 0.3 is 11.4 Å². The summed E-state index contributed by atoms with van der Waals surface area (Å²) in [6, 6.07) is 0.106. The van der Waals surface area contributed by atoms with Gasteiger partial charge < -0.3 is 0 Å². The number of imidazole rings is 2. The zero-order chi connectivity index (χ0) is 30.8. The predicted octanol–water partition coefficient (Wildman–Crippen LogP) is 3.85. The molecule has 226 valence electrons. The topological polar surface area (TPSA) is 199 Å². The molecule has 6 rings (SSSR count). The third-order valence-electron chi connectivity index (χ3n) is 7.30. The van der Waals surface area contributed by atoms with Gasteiger partial charge in [-0.05, 0) is 36.1 Å². The SMILES string of the molecule is CCC(CC)n1c(=O)[nH]c2ncc(Cl)c(-c3nn[nH]n3)c21.CCC(CC)n1c(=O)[nH]c2ncc(Cl)c(-c3nnn(C)n3)c21. The summed E-state index contributed by atoms with van der Waals surface area (Å²) in [5.41, 5.74) is 2.90. The lowest BCUT2D eigenvalue weighted by atomic mass is 10.1. The van der Waals surface area contributed by atoms with Crippen LogP contribution in [0.25, 0.3) is 45.1 Å². The number of fused-ring (bicyclic) bond motifs is 2. The Labute approximate surface area is 253 Å². The smallest absolute Gasteiger partial charge is 0.290 e. The molecule has 6 aromatic heterocycles. The van der Waals surface area contributed by atoms with Gasteiger partial charge in [-0.25, -0.2) is 19.6 Å². The second kappa shape index (κ2) is 12.4. The van der Waals surface area contributed by atoms with Crippen molar-refractivity contribution in [2.75, 3.05) is 0 Å². The Morgan fingerprint density at radius 1 is 0.767 bits per heavy atom. The molecule has 6 aromatic rings. The number of nitrogens with zero attached hydrogens (tertiary/aromatic N) is 11. The molecule has 3 N–H and O–H groups in total. The van der Waals surface area contributed by atoms with Gasteiger partial charge in [0.2, 0.25) is 11.6 Å². The van der Waals surface area contributed by atoms with Crippen LogP contribution in [0.1, 0.15) is 65.5 Å². The normalized spacial score (nSPS) is 11.7. The molecule has 0 aromatic carbocycles. The Bertz CT molecular complexity index is 1980. The van der Waals surface area contributed by atoms with Crippen LogP contribution < -0.4 is 11.4 Å². The fourth-order valence-electron chi connectivity index (χ4n) is 5.22. The molecule has 0 unspecified atom stereocenters. The number of hydrogen-bond donors (Lipinski definition) is 3. The summed E-state index contributed by atoms with van der Waals surface area (Å²) >= 11 is 12.6. The van der Waals surface area contributed by atoms with Crippen LogP contribution in [-0.2, 0) is 7.05 Å². The molecule has 43 heavy (non-hydrogen) atoms. The van der Waals surface area contributed by atoms with Crippen LogP contribution in [0.5, 0.6) is 0 Å². The van der Waals surface area contributed by atoms with Gasteiger partial charge in [-0.15, -0.1) is 20.4 Å². The highest BCUT2D eigenvalue weighted by molar-refractivity contribution is 6.34. The van der Waals surface area contributed by atoms with E-state index in [2.05, 4.69) is 56.0 Å². The Kier molecular flexibility index (Phi) is 8.68. The highest BCUT2D eigenvalue weighted by atomic mass is 35.5. The lowest BCUT2D eigenvalue weighted by molar-refractivity contribution is 0.471. The molecular formula is C25H30Cl2N14O2. The Morgan fingerprint density at radius 3 is 1.65 bits per heavy atom. The number of halogens is 2. The van der Waals surface area contributed by atoms with Crippen LogP contribution in [-0.4, -0.2) is 69.9 Å². The van der Waals surface area contributed by atoms with E-state index in [9.17, 15) is 9.59 Å². The van der Waals surface area contributed by atoms with Gasteiger partial charge in [0.15, 0.2) is 11.3 Å². The quantitative estimate of drug-likeness (QED) is 0.222. The number of hydrogen-bond acceptors (Lipinski definition) is 10. The van der Waals surface area contributed by atoms with Gasteiger partial charge in [0.05, 0.1) is 28.2 Å². The second-order valence-corrected chi connectivity index (χ2v) is 10.5. The minimum atomic E-state index is -0.210. The molecule has 0 aliphatic carbocycles. The molecule has 6 heterocycles. The average molecular weight is 630 g/mol. The second-order valence-electron chi connectivity index (χ2n) is 9.74. The standard InChI is InChI=1S/C13H16ClN7O.C12H14ClN7O/c1-4-7(5-2)21-10-9(11-17-19-20(3)18-11)8(14)6-15-12(10)16-13(21)22;1-3-6(4-2)20-9-8(10-16-18-19-17-10)7(13)5-14-11(9)15-12(20)21/h6-7H,4-5H2,1-3H3,(H,15,16,22);5-6H,3-4H2,1-2H3,(H,14,15,21)(H,16,17,18,19). The van der Waals surface area contributed by atoms with Crippen LogP contribution in [0.15, 0.2) is 22.0 Å². The maximum Gasteiger partial charge on any atom is 0.327 e. The molecule has 0 fully saturated rings. The van der Waals surface area contributed by atoms with Crippen molar-refractivity contribution in [1.29, 1.82) is 0 Å². The summed E-state index contributed by atoms with van der Waals surface area (Å²) in [5.74, 6) is 0.713. The maximum absolute atomic E-state index is 12.4. The lowest BCUT2D eigenvalue weighted by Gasteiger charge is -2.15. The molecular weight excluding hydrogens is 599 g/mol. The van der Waals surface area contributed by atoms with Crippen molar-refractivity contribution in [1.82, 2.24) is 69.9 Å². The van der Waals surface area contributed by atoms with Crippen molar-refractivity contribution in [2.24, 2.45) is 7.05 Å². The van der Waals surface area contributed by atoms with Gasteiger partial charge in [0.1, 0.15) is 11.0 Å². The monoisotopic (exact) mass is 628 g/mol. The van der Waals surface area contributed by atoms with Crippen molar-refractivity contribution in [2.45, 2.75) is 65.5 Å². The summed E-state index contributed by atoms with van der Waals surface area (Å²) in [6.07, 6.45) is 6.25. The van der Waals surface area contributed by atoms with Crippen molar-refractivity contribution >= 4 is 45.5 Å². The number of H-pyrrole nitrogens is 3. The zero-order valence-electron chi connectivity index (χ0n) is 24.1. The summed E-state index contributed by atoms with van der Waals surface area (Å²) < 4.78 is 3.37. The summed E-state index contributed by atoms with van der Waals surface area (Å²) in [7, 11) is 1.67. The highest BCUT2D eigenvalue weighted by Gasteiger charge is 2.24. The maximum atomic E-state index is 12.4. The van der Waals surface area contributed by atoms with Crippen LogP contribution in [0.2, 0.25) is 10.0 Å². The van der Waals surface area contributed by atoms with Crippen molar-refractivity contribution in [3.05, 3.63) is 43.4 Å². The van der Waals surface area contributed by atoms with E-state index >= 15 is 0 Å². The van der Waals surface area contributed by atoms with Gasteiger partial charge in [0.25, 0.3) is 0 Å². The fourth-order valence-corrected chi connectivity index (χ4v) is 5.66. The summed E-state index contributed by atoms with van der Waals surface area (Å²) in [6.45, 7) is 8.15. The average Bonchev–Trinajstić information content (AvgIpc) is 3.79. The van der Waals surface area contributed by atoms with E-state index < -0.39 is 0 Å². The predicted molar refractivity (Wildman–Crippen MR) is 161 cm³/mol. The molecule has 0 aliphatic rings. The van der Waals surface area contributed by atoms with Crippen LogP contribution in [0, 0.1) is 0 Å². The number of aryl methyl sites for hydroxylation is 1. The number of aromatic amines is 3. The van der Waals surface area contributed by atoms with Crippen molar-refractivity contribution in [3.63, 3.8) is 0 Å². The molecule has 0 bridgehead atoms. The van der Waals surface area contributed by atoms with E-state index in [0.717, 1.165) is 25.7 Å². The minimum Gasteiger partial charge on any atom is -0.290 e. The van der Waals surface area contributed by atoms with E-state index in [4.69, 9.17) is 23.2 Å². The number of rotatable bonds is 8. The molecule has 0 radical (unpaired) electrons. The zero-order valence-corrected chi connectivity index (χ0v) is 25.6. The third-order valence-corrected chi connectivity index (χ3v) is 7.87. The van der Waals surface area contributed by atoms with Gasteiger partial charge in [-0.3, -0.25) is 19.1 Å². The molecule has 0 saturated heterocycles. The van der Waals surface area contributed by atoms with Crippen molar-refractivity contribution in [3.8, 4) is 22.8 Å². The molecule has 0 spiro atoms. The first-order valence-corrected chi connectivity index (χ1v) is 14.5. The largest absolute Gasteiger partial charge is 0.327 e. The highest BCUT2D eigenvalue weighted by Crippen LogP contribution is 2.34. The Hall–Kier alpha value is -4.44. The molecule has 16 nitrogen and oxygen atoms in total. The first-order valence-electron chi connectivity index (χ1n) is 13.8. The number of tetrazole rings is 2. The van der Waals surface area contributed by atoms with Crippen LogP contribution in [0.3, 0.4) is 0 Å². The van der Waals surface area contributed by atoms with Gasteiger partial charge in [0, 0.05) is 24.5 Å². The molecule has 0 atom stereocenters. The number of nitrogens with one attached hydrogen (secondary N) is 3. The lowest BCUT2D eigenvalue weighted by Crippen LogP contribution is -2.21. The van der Waals surface area contributed by atoms with E-state index in [0.29, 0.717) is 55.1 Å². The van der Waals surface area contributed by atoms with E-state index in [-0.39, 0.29) is 23.5 Å². The van der Waals surface area contributed by atoms with Crippen LogP contribution >= 0.6 is 23.2 Å². The Morgan fingerprint density at radius 2 is 1.26 bits per heavy atom. The van der Waals surface area contributed by atoms with E-state index in [1.807, 2.05) is 27.7 Å². The number of pyridine rings is 2.